The zero-order valence-electron chi connectivity index (χ0n) is 7.66. The van der Waals surface area contributed by atoms with Crippen molar-refractivity contribution in [3.63, 3.8) is 0 Å². The van der Waals surface area contributed by atoms with Gasteiger partial charge in [0.1, 0.15) is 0 Å². The van der Waals surface area contributed by atoms with Crippen LogP contribution in [0, 0.1) is 5.92 Å². The van der Waals surface area contributed by atoms with Crippen molar-refractivity contribution in [3.8, 4) is 0 Å². The van der Waals surface area contributed by atoms with Gasteiger partial charge in [-0.3, -0.25) is 4.68 Å². The summed E-state index contributed by atoms with van der Waals surface area (Å²) < 4.78 is 1.74. The molecule has 0 saturated carbocycles. The number of hydrogen-bond donors (Lipinski definition) is 0. The van der Waals surface area contributed by atoms with Crippen molar-refractivity contribution in [2.45, 2.75) is 25.1 Å². The van der Waals surface area contributed by atoms with E-state index in [9.17, 15) is 0 Å². The van der Waals surface area contributed by atoms with Crippen LogP contribution in [0.2, 0.25) is 0 Å². The molecule has 0 radical (unpaired) electrons. The second-order valence-corrected chi connectivity index (χ2v) is 4.69. The Hall–Kier alpha value is -0.380. The lowest BCUT2D eigenvalue weighted by Gasteiger charge is -2.10. The van der Waals surface area contributed by atoms with Gasteiger partial charge in [0, 0.05) is 18.1 Å². The van der Waals surface area contributed by atoms with Crippen LogP contribution in [0.25, 0.3) is 0 Å². The molecule has 0 saturated heterocycles. The second kappa shape index (κ2) is 4.03. The lowest BCUT2D eigenvalue weighted by molar-refractivity contribution is 0.572. The van der Waals surface area contributed by atoms with Crippen LogP contribution in [0.1, 0.15) is 19.5 Å². The number of aryl methyl sites for hydroxylation is 1. The first kappa shape index (κ1) is 9.71. The van der Waals surface area contributed by atoms with Gasteiger partial charge in [-0.15, -0.1) is 5.10 Å². The molecule has 0 spiro atoms. The normalized spacial score (nSPS) is 16.0. The molecule has 2 unspecified atom stereocenters. The van der Waals surface area contributed by atoms with Crippen molar-refractivity contribution in [2.24, 2.45) is 13.0 Å². The lowest BCUT2D eigenvalue weighted by Crippen LogP contribution is -2.09. The van der Waals surface area contributed by atoms with Gasteiger partial charge in [0.2, 0.25) is 0 Å². The fourth-order valence-corrected chi connectivity index (χ4v) is 1.17. The van der Waals surface area contributed by atoms with Crippen LogP contribution in [0.15, 0.2) is 6.20 Å². The fourth-order valence-electron chi connectivity index (χ4n) is 0.981. The Morgan fingerprint density at radius 1 is 1.58 bits per heavy atom. The molecule has 3 nitrogen and oxygen atoms in total. The maximum absolute atomic E-state index is 4.03. The highest BCUT2D eigenvalue weighted by atomic mass is 79.9. The molecule has 2 atom stereocenters. The minimum Gasteiger partial charge on any atom is -0.255 e. The predicted molar refractivity (Wildman–Crippen MR) is 52.3 cm³/mol. The third-order valence-corrected chi connectivity index (χ3v) is 2.87. The molecular weight excluding hydrogens is 218 g/mol. The molecule has 1 heterocycles. The minimum absolute atomic E-state index is 0.527. The highest BCUT2D eigenvalue weighted by molar-refractivity contribution is 9.09. The van der Waals surface area contributed by atoms with Crippen LogP contribution in [-0.2, 0) is 13.5 Å². The van der Waals surface area contributed by atoms with Crippen LogP contribution in [0.5, 0.6) is 0 Å². The van der Waals surface area contributed by atoms with E-state index in [1.807, 2.05) is 13.2 Å². The molecule has 0 amide bonds. The smallest absolute Gasteiger partial charge is 0.0830 e. The zero-order valence-corrected chi connectivity index (χ0v) is 9.24. The lowest BCUT2D eigenvalue weighted by atomic mass is 10.0. The Bertz CT molecular complexity index is 244. The average molecular weight is 232 g/mol. The van der Waals surface area contributed by atoms with E-state index in [1.165, 1.54) is 0 Å². The molecule has 0 aliphatic carbocycles. The fraction of sp³-hybridized carbons (Fsp3) is 0.750. The topological polar surface area (TPSA) is 30.7 Å². The van der Waals surface area contributed by atoms with Crippen molar-refractivity contribution in [2.75, 3.05) is 0 Å². The van der Waals surface area contributed by atoms with Crippen molar-refractivity contribution in [1.29, 1.82) is 0 Å². The molecule has 1 aromatic heterocycles. The van der Waals surface area contributed by atoms with Gasteiger partial charge < -0.3 is 0 Å². The molecule has 0 N–H and O–H groups in total. The summed E-state index contributed by atoms with van der Waals surface area (Å²) in [5.41, 5.74) is 1.07. The van der Waals surface area contributed by atoms with Crippen LogP contribution < -0.4 is 0 Å². The second-order valence-electron chi connectivity index (χ2n) is 3.24. The molecule has 1 rings (SSSR count). The largest absolute Gasteiger partial charge is 0.255 e. The van der Waals surface area contributed by atoms with Gasteiger partial charge in [-0.1, -0.05) is 35.0 Å². The molecule has 4 heteroatoms. The summed E-state index contributed by atoms with van der Waals surface area (Å²) in [5, 5.41) is 7.91. The number of nitrogens with zero attached hydrogens (tertiary/aromatic N) is 3. The molecule has 0 bridgehead atoms. The molecule has 68 valence electrons. The predicted octanol–water partition coefficient (Wildman–Crippen LogP) is 1.78. The summed E-state index contributed by atoms with van der Waals surface area (Å²) >= 11 is 3.55. The number of rotatable bonds is 3. The third kappa shape index (κ3) is 2.59. The van der Waals surface area contributed by atoms with Crippen LogP contribution in [0.3, 0.4) is 0 Å². The summed E-state index contributed by atoms with van der Waals surface area (Å²) in [4.78, 5) is 0.527. The van der Waals surface area contributed by atoms with E-state index in [4.69, 9.17) is 0 Å². The van der Waals surface area contributed by atoms with Crippen molar-refractivity contribution in [1.82, 2.24) is 15.0 Å². The minimum atomic E-state index is 0.527. The highest BCUT2D eigenvalue weighted by Crippen LogP contribution is 2.15. The monoisotopic (exact) mass is 231 g/mol. The molecule has 1 aromatic rings. The van der Waals surface area contributed by atoms with Gasteiger partial charge in [0.15, 0.2) is 0 Å². The van der Waals surface area contributed by atoms with E-state index in [0.717, 1.165) is 12.1 Å². The van der Waals surface area contributed by atoms with Gasteiger partial charge in [-0.2, -0.15) is 0 Å². The van der Waals surface area contributed by atoms with Crippen molar-refractivity contribution >= 4 is 15.9 Å². The van der Waals surface area contributed by atoms with Crippen molar-refractivity contribution < 1.29 is 0 Å². The van der Waals surface area contributed by atoms with Crippen molar-refractivity contribution in [3.05, 3.63) is 11.9 Å². The quantitative estimate of drug-likeness (QED) is 0.743. The maximum Gasteiger partial charge on any atom is 0.0830 e. The Kier molecular flexibility index (Phi) is 3.26. The maximum atomic E-state index is 4.03. The van der Waals surface area contributed by atoms with E-state index in [2.05, 4.69) is 40.1 Å². The molecule has 12 heavy (non-hydrogen) atoms. The van der Waals surface area contributed by atoms with Gasteiger partial charge in [-0.25, -0.2) is 0 Å². The Labute approximate surface area is 81.3 Å². The summed E-state index contributed by atoms with van der Waals surface area (Å²) in [6.45, 7) is 4.36. The Morgan fingerprint density at radius 2 is 2.25 bits per heavy atom. The molecule has 0 aliphatic heterocycles. The Balaban J connectivity index is 2.52. The molecule has 0 aliphatic rings. The summed E-state index contributed by atoms with van der Waals surface area (Å²) in [5.74, 6) is 0.599. The van der Waals surface area contributed by atoms with E-state index in [0.29, 0.717) is 10.7 Å². The zero-order chi connectivity index (χ0) is 9.14. The third-order valence-electron chi connectivity index (χ3n) is 1.97. The van der Waals surface area contributed by atoms with Gasteiger partial charge in [-0.05, 0) is 12.3 Å². The summed E-state index contributed by atoms with van der Waals surface area (Å²) in [6, 6.07) is 0. The number of aromatic nitrogens is 3. The summed E-state index contributed by atoms with van der Waals surface area (Å²) in [7, 11) is 1.89. The summed E-state index contributed by atoms with van der Waals surface area (Å²) in [6.07, 6.45) is 2.95. The number of halogens is 1. The first-order chi connectivity index (χ1) is 5.59. The van der Waals surface area contributed by atoms with Crippen LogP contribution in [0.4, 0.5) is 0 Å². The van der Waals surface area contributed by atoms with E-state index in [1.54, 1.807) is 4.68 Å². The SMILES string of the molecule is CC(Br)C(C)Cc1cn(C)nn1. The van der Waals surface area contributed by atoms with Gasteiger partial charge in [0.25, 0.3) is 0 Å². The first-order valence-electron chi connectivity index (χ1n) is 4.09. The van der Waals surface area contributed by atoms with Crippen LogP contribution in [-0.4, -0.2) is 19.8 Å². The van der Waals surface area contributed by atoms with E-state index >= 15 is 0 Å². The molecule has 0 fully saturated rings. The molecular formula is C8H14BrN3. The van der Waals surface area contributed by atoms with Gasteiger partial charge >= 0.3 is 0 Å². The average Bonchev–Trinajstić information content (AvgIpc) is 2.35. The molecule has 0 aromatic carbocycles. The number of hydrogen-bond acceptors (Lipinski definition) is 2. The van der Waals surface area contributed by atoms with E-state index in [-0.39, 0.29) is 0 Å². The Morgan fingerprint density at radius 3 is 2.67 bits per heavy atom. The van der Waals surface area contributed by atoms with Gasteiger partial charge in [0.05, 0.1) is 5.69 Å². The van der Waals surface area contributed by atoms with E-state index < -0.39 is 0 Å². The highest BCUT2D eigenvalue weighted by Gasteiger charge is 2.10. The van der Waals surface area contributed by atoms with Crippen LogP contribution >= 0.6 is 15.9 Å². The standard InChI is InChI=1S/C8H14BrN3/c1-6(7(2)9)4-8-5-12(3)11-10-8/h5-7H,4H2,1-3H3. The number of alkyl halides is 1. The first-order valence-corrected chi connectivity index (χ1v) is 5.00.